The van der Waals surface area contributed by atoms with Gasteiger partial charge in [-0.15, -0.1) is 12.4 Å². The van der Waals surface area contributed by atoms with Crippen molar-refractivity contribution in [3.05, 3.63) is 35.4 Å². The summed E-state index contributed by atoms with van der Waals surface area (Å²) < 4.78 is 25.7. The smallest absolute Gasteiger partial charge is 0.132 e. The quantitative estimate of drug-likeness (QED) is 0.747. The van der Waals surface area contributed by atoms with E-state index in [4.69, 9.17) is 0 Å². The molecule has 2 N–H and O–H groups in total. The first-order valence-electron chi connectivity index (χ1n) is 4.00. The van der Waals surface area contributed by atoms with Crippen LogP contribution in [0.2, 0.25) is 0 Å². The van der Waals surface area contributed by atoms with Gasteiger partial charge in [-0.25, -0.2) is 8.78 Å². The zero-order valence-corrected chi connectivity index (χ0v) is 8.07. The second-order valence-corrected chi connectivity index (χ2v) is 3.26. The van der Waals surface area contributed by atoms with Crippen LogP contribution in [-0.2, 0) is 5.60 Å². The van der Waals surface area contributed by atoms with Crippen LogP contribution in [0.5, 0.6) is 0 Å². The van der Waals surface area contributed by atoms with Crippen LogP contribution in [0.1, 0.15) is 5.56 Å². The first kappa shape index (κ1) is 11.4. The van der Waals surface area contributed by atoms with Crippen molar-refractivity contribution < 1.29 is 13.9 Å². The van der Waals surface area contributed by atoms with Crippen molar-refractivity contribution in [2.45, 2.75) is 5.60 Å². The number of hydrogen-bond donors (Lipinski definition) is 2. The lowest BCUT2D eigenvalue weighted by Crippen LogP contribution is -2.57. The summed E-state index contributed by atoms with van der Waals surface area (Å²) >= 11 is 0. The van der Waals surface area contributed by atoms with E-state index in [1.165, 1.54) is 6.07 Å². The highest BCUT2D eigenvalue weighted by molar-refractivity contribution is 5.85. The van der Waals surface area contributed by atoms with Gasteiger partial charge in [0.15, 0.2) is 0 Å². The zero-order chi connectivity index (χ0) is 9.47. The molecule has 14 heavy (non-hydrogen) atoms. The fourth-order valence-electron chi connectivity index (χ4n) is 1.42. The molecule has 0 radical (unpaired) electrons. The fraction of sp³-hybridized carbons (Fsp3) is 0.333. The molecule has 0 saturated carbocycles. The molecule has 0 aliphatic carbocycles. The van der Waals surface area contributed by atoms with Gasteiger partial charge in [0.1, 0.15) is 17.2 Å². The lowest BCUT2D eigenvalue weighted by Gasteiger charge is -2.38. The Hall–Kier alpha value is -0.710. The Bertz CT molecular complexity index is 342. The van der Waals surface area contributed by atoms with Crippen LogP contribution in [-0.4, -0.2) is 18.2 Å². The summed E-state index contributed by atoms with van der Waals surface area (Å²) in [6.07, 6.45) is 0. The lowest BCUT2D eigenvalue weighted by atomic mass is 9.88. The van der Waals surface area contributed by atoms with Gasteiger partial charge >= 0.3 is 0 Å². The van der Waals surface area contributed by atoms with Gasteiger partial charge in [0.2, 0.25) is 0 Å². The van der Waals surface area contributed by atoms with Crippen LogP contribution in [0, 0.1) is 11.6 Å². The first-order chi connectivity index (χ1) is 6.12. The maximum atomic E-state index is 13.1. The van der Waals surface area contributed by atoms with E-state index in [-0.39, 0.29) is 18.0 Å². The summed E-state index contributed by atoms with van der Waals surface area (Å²) in [5, 5.41) is 12.6. The molecule has 2 rings (SSSR count). The fourth-order valence-corrected chi connectivity index (χ4v) is 1.42. The van der Waals surface area contributed by atoms with Crippen molar-refractivity contribution in [1.82, 2.24) is 5.32 Å². The van der Waals surface area contributed by atoms with Crippen molar-refractivity contribution >= 4 is 12.4 Å². The minimum Gasteiger partial charge on any atom is -0.382 e. The summed E-state index contributed by atoms with van der Waals surface area (Å²) in [5.41, 5.74) is -0.995. The number of hydrogen-bond acceptors (Lipinski definition) is 2. The Morgan fingerprint density at radius 3 is 2.36 bits per heavy atom. The van der Waals surface area contributed by atoms with Crippen LogP contribution in [0.3, 0.4) is 0 Å². The van der Waals surface area contributed by atoms with Crippen LogP contribution in [0.4, 0.5) is 8.78 Å². The predicted molar refractivity (Wildman–Crippen MR) is 50.4 cm³/mol. The molecule has 1 fully saturated rings. The Morgan fingerprint density at radius 2 is 1.93 bits per heavy atom. The Kier molecular flexibility index (Phi) is 3.09. The summed E-state index contributed by atoms with van der Waals surface area (Å²) in [7, 11) is 0. The van der Waals surface area contributed by atoms with E-state index in [1.54, 1.807) is 0 Å². The molecule has 0 unspecified atom stereocenters. The van der Waals surface area contributed by atoms with E-state index < -0.39 is 17.2 Å². The third-order valence-electron chi connectivity index (χ3n) is 2.27. The molecule has 78 valence electrons. The number of halogens is 3. The van der Waals surface area contributed by atoms with Gasteiger partial charge in [-0.2, -0.15) is 0 Å². The molecule has 0 spiro atoms. The minimum atomic E-state index is -1.15. The number of rotatable bonds is 1. The molecular weight excluding hydrogens is 212 g/mol. The van der Waals surface area contributed by atoms with Crippen LogP contribution >= 0.6 is 12.4 Å². The highest BCUT2D eigenvalue weighted by atomic mass is 35.5. The first-order valence-corrected chi connectivity index (χ1v) is 4.00. The lowest BCUT2D eigenvalue weighted by molar-refractivity contribution is -0.0177. The number of benzene rings is 1. The summed E-state index contributed by atoms with van der Waals surface area (Å²) in [5.74, 6) is -1.32. The van der Waals surface area contributed by atoms with Crippen molar-refractivity contribution in [3.63, 3.8) is 0 Å². The average Bonchev–Trinajstić information content (AvgIpc) is 2.00. The molecule has 0 atom stereocenters. The van der Waals surface area contributed by atoms with Crippen molar-refractivity contribution in [2.75, 3.05) is 13.1 Å². The SMILES string of the molecule is Cl.OC1(c2ccc(F)cc2F)CNC1. The molecule has 1 saturated heterocycles. The van der Waals surface area contributed by atoms with E-state index in [2.05, 4.69) is 5.32 Å². The third kappa shape index (κ3) is 1.73. The van der Waals surface area contributed by atoms with Gasteiger partial charge in [0, 0.05) is 24.7 Å². The van der Waals surface area contributed by atoms with Gasteiger partial charge in [-0.05, 0) is 6.07 Å². The van der Waals surface area contributed by atoms with Gasteiger partial charge < -0.3 is 10.4 Å². The second-order valence-electron chi connectivity index (χ2n) is 3.26. The van der Waals surface area contributed by atoms with Crippen LogP contribution in [0.15, 0.2) is 18.2 Å². The number of aliphatic hydroxyl groups is 1. The minimum absolute atomic E-state index is 0. The largest absolute Gasteiger partial charge is 0.382 e. The molecular formula is C9H10ClF2NO. The summed E-state index contributed by atoms with van der Waals surface area (Å²) in [6, 6.07) is 3.21. The van der Waals surface area contributed by atoms with Gasteiger partial charge in [0.25, 0.3) is 0 Å². The van der Waals surface area contributed by atoms with Crippen molar-refractivity contribution in [1.29, 1.82) is 0 Å². The zero-order valence-electron chi connectivity index (χ0n) is 7.26. The number of nitrogens with one attached hydrogen (secondary N) is 1. The molecule has 1 aromatic rings. The highest BCUT2D eigenvalue weighted by Gasteiger charge is 2.38. The number of β-amino-alcohol motifs (C(OH)–C–C–N with tert-alkyl or cyclic N) is 1. The monoisotopic (exact) mass is 221 g/mol. The standard InChI is InChI=1S/C9H9F2NO.ClH/c10-6-1-2-7(8(11)3-6)9(13)4-12-5-9;/h1-3,12-13H,4-5H2;1H. The maximum Gasteiger partial charge on any atom is 0.132 e. The normalized spacial score (nSPS) is 18.2. The summed E-state index contributed by atoms with van der Waals surface area (Å²) in [6.45, 7) is 0.630. The molecule has 2 nitrogen and oxygen atoms in total. The van der Waals surface area contributed by atoms with Crippen molar-refractivity contribution in [2.24, 2.45) is 0 Å². The van der Waals surface area contributed by atoms with E-state index in [0.717, 1.165) is 12.1 Å². The average molecular weight is 222 g/mol. The molecule has 1 aliphatic heterocycles. The second kappa shape index (κ2) is 3.81. The summed E-state index contributed by atoms with van der Waals surface area (Å²) in [4.78, 5) is 0. The predicted octanol–water partition coefficient (Wildman–Crippen LogP) is 1.18. The Morgan fingerprint density at radius 1 is 1.29 bits per heavy atom. The van der Waals surface area contributed by atoms with Gasteiger partial charge in [0.05, 0.1) is 0 Å². The van der Waals surface area contributed by atoms with Crippen LogP contribution in [0.25, 0.3) is 0 Å². The molecule has 1 heterocycles. The molecule has 0 aromatic heterocycles. The van der Waals surface area contributed by atoms with E-state index in [1.807, 2.05) is 0 Å². The molecule has 0 amide bonds. The molecule has 1 aliphatic rings. The Labute approximate surface area is 86.3 Å². The topological polar surface area (TPSA) is 32.3 Å². The third-order valence-corrected chi connectivity index (χ3v) is 2.27. The van der Waals surface area contributed by atoms with Crippen molar-refractivity contribution in [3.8, 4) is 0 Å². The van der Waals surface area contributed by atoms with Gasteiger partial charge in [-0.3, -0.25) is 0 Å². The van der Waals surface area contributed by atoms with E-state index >= 15 is 0 Å². The molecule has 0 bridgehead atoms. The van der Waals surface area contributed by atoms with E-state index in [0.29, 0.717) is 13.1 Å². The molecule has 1 aromatic carbocycles. The van der Waals surface area contributed by atoms with Gasteiger partial charge in [-0.1, -0.05) is 6.07 Å². The molecule has 5 heteroatoms. The van der Waals surface area contributed by atoms with Crippen LogP contribution < -0.4 is 5.32 Å². The highest BCUT2D eigenvalue weighted by Crippen LogP contribution is 2.27. The van der Waals surface area contributed by atoms with E-state index in [9.17, 15) is 13.9 Å². The maximum absolute atomic E-state index is 13.1. The Balaban J connectivity index is 0.000000980.